The fourth-order valence-corrected chi connectivity index (χ4v) is 3.10. The lowest BCUT2D eigenvalue weighted by atomic mass is 10.0. The molecular weight excluding hydrogens is 236 g/mol. The Morgan fingerprint density at radius 1 is 1.26 bits per heavy atom. The Bertz CT molecular complexity index is 476. The van der Waals surface area contributed by atoms with E-state index in [4.69, 9.17) is 0 Å². The Labute approximate surface area is 114 Å². The smallest absolute Gasteiger partial charge is 0.251 e. The first-order valence-electron chi connectivity index (χ1n) is 7.38. The average Bonchev–Trinajstić information content (AvgIpc) is 2.88. The normalized spacial score (nSPS) is 25.9. The molecule has 1 heterocycles. The molecule has 0 spiro atoms. The van der Waals surface area contributed by atoms with E-state index in [0.717, 1.165) is 31.4 Å². The van der Waals surface area contributed by atoms with E-state index in [1.807, 2.05) is 6.07 Å². The van der Waals surface area contributed by atoms with Crippen molar-refractivity contribution in [3.63, 3.8) is 0 Å². The van der Waals surface area contributed by atoms with E-state index in [0.29, 0.717) is 6.04 Å². The summed E-state index contributed by atoms with van der Waals surface area (Å²) < 4.78 is 0. The molecule has 3 nitrogen and oxygen atoms in total. The molecule has 2 N–H and O–H groups in total. The molecule has 1 fully saturated rings. The van der Waals surface area contributed by atoms with Crippen LogP contribution in [0.15, 0.2) is 18.2 Å². The van der Waals surface area contributed by atoms with Gasteiger partial charge in [0.1, 0.15) is 0 Å². The van der Waals surface area contributed by atoms with Crippen molar-refractivity contribution >= 4 is 5.91 Å². The highest BCUT2D eigenvalue weighted by atomic mass is 16.1. The number of fused-ring (bicyclic) bond motifs is 1. The minimum atomic E-state index is 0.0797. The molecule has 0 radical (unpaired) electrons. The van der Waals surface area contributed by atoms with Crippen LogP contribution in [0, 0.1) is 0 Å². The molecule has 0 aromatic heterocycles. The summed E-state index contributed by atoms with van der Waals surface area (Å²) in [6.07, 6.45) is 5.73. The van der Waals surface area contributed by atoms with Crippen LogP contribution in [0.3, 0.4) is 0 Å². The molecule has 3 rings (SSSR count). The molecule has 102 valence electrons. The zero-order chi connectivity index (χ0) is 13.2. The molecule has 1 saturated heterocycles. The predicted octanol–water partition coefficient (Wildman–Crippen LogP) is 2.05. The van der Waals surface area contributed by atoms with Crippen molar-refractivity contribution in [2.75, 3.05) is 6.54 Å². The third kappa shape index (κ3) is 2.81. The standard InChI is InChI=1S/C16H22N2O/c1-11-5-8-15(10-17-11)18-16(19)14-7-6-12-3-2-4-13(12)9-14/h6-7,9,11,15,17H,2-5,8,10H2,1H3,(H,18,19). The molecule has 0 bridgehead atoms. The lowest BCUT2D eigenvalue weighted by Crippen LogP contribution is -2.48. The maximum Gasteiger partial charge on any atom is 0.251 e. The van der Waals surface area contributed by atoms with Crippen molar-refractivity contribution < 1.29 is 4.79 Å². The Kier molecular flexibility index (Phi) is 3.56. The first kappa shape index (κ1) is 12.7. The van der Waals surface area contributed by atoms with Gasteiger partial charge in [-0.1, -0.05) is 6.07 Å². The van der Waals surface area contributed by atoms with E-state index in [-0.39, 0.29) is 11.9 Å². The summed E-state index contributed by atoms with van der Waals surface area (Å²) in [4.78, 5) is 12.3. The highest BCUT2D eigenvalue weighted by Crippen LogP contribution is 2.22. The second-order valence-electron chi connectivity index (χ2n) is 5.89. The monoisotopic (exact) mass is 258 g/mol. The largest absolute Gasteiger partial charge is 0.348 e. The van der Waals surface area contributed by atoms with Gasteiger partial charge >= 0.3 is 0 Å². The maximum atomic E-state index is 12.3. The zero-order valence-corrected chi connectivity index (χ0v) is 11.5. The fourth-order valence-electron chi connectivity index (χ4n) is 3.10. The Balaban J connectivity index is 1.64. The van der Waals surface area contributed by atoms with E-state index >= 15 is 0 Å². The highest BCUT2D eigenvalue weighted by molar-refractivity contribution is 5.94. The van der Waals surface area contributed by atoms with E-state index < -0.39 is 0 Å². The van der Waals surface area contributed by atoms with Crippen LogP contribution in [0.25, 0.3) is 0 Å². The minimum Gasteiger partial charge on any atom is -0.348 e. The van der Waals surface area contributed by atoms with Gasteiger partial charge in [0.15, 0.2) is 0 Å². The minimum absolute atomic E-state index is 0.0797. The van der Waals surface area contributed by atoms with Crippen molar-refractivity contribution in [1.29, 1.82) is 0 Å². The number of piperidine rings is 1. The Hall–Kier alpha value is -1.35. The number of hydrogen-bond donors (Lipinski definition) is 2. The van der Waals surface area contributed by atoms with Gasteiger partial charge in [-0.2, -0.15) is 0 Å². The van der Waals surface area contributed by atoms with Crippen molar-refractivity contribution in [3.8, 4) is 0 Å². The molecule has 1 amide bonds. The van der Waals surface area contributed by atoms with Gasteiger partial charge in [0, 0.05) is 24.2 Å². The highest BCUT2D eigenvalue weighted by Gasteiger charge is 2.20. The van der Waals surface area contributed by atoms with E-state index in [1.54, 1.807) is 0 Å². The maximum absolute atomic E-state index is 12.3. The molecule has 3 heteroatoms. The van der Waals surface area contributed by atoms with Gasteiger partial charge < -0.3 is 10.6 Å². The summed E-state index contributed by atoms with van der Waals surface area (Å²) in [6, 6.07) is 7.03. The van der Waals surface area contributed by atoms with Gasteiger partial charge in [0.25, 0.3) is 5.91 Å². The molecule has 19 heavy (non-hydrogen) atoms. The topological polar surface area (TPSA) is 41.1 Å². The van der Waals surface area contributed by atoms with Crippen molar-refractivity contribution in [1.82, 2.24) is 10.6 Å². The van der Waals surface area contributed by atoms with Gasteiger partial charge in [-0.25, -0.2) is 0 Å². The number of rotatable bonds is 2. The third-order valence-electron chi connectivity index (χ3n) is 4.36. The third-order valence-corrected chi connectivity index (χ3v) is 4.36. The first-order chi connectivity index (χ1) is 9.22. The molecule has 2 unspecified atom stereocenters. The van der Waals surface area contributed by atoms with Crippen LogP contribution in [-0.2, 0) is 12.8 Å². The molecule has 1 aromatic carbocycles. The average molecular weight is 258 g/mol. The van der Waals surface area contributed by atoms with Gasteiger partial charge in [-0.3, -0.25) is 4.79 Å². The van der Waals surface area contributed by atoms with Gasteiger partial charge in [0.2, 0.25) is 0 Å². The fraction of sp³-hybridized carbons (Fsp3) is 0.562. The molecule has 0 saturated carbocycles. The lowest BCUT2D eigenvalue weighted by molar-refractivity contribution is 0.0927. The molecule has 1 aromatic rings. The van der Waals surface area contributed by atoms with Crippen molar-refractivity contribution in [2.45, 2.75) is 51.1 Å². The number of hydrogen-bond acceptors (Lipinski definition) is 2. The Morgan fingerprint density at radius 3 is 2.89 bits per heavy atom. The summed E-state index contributed by atoms with van der Waals surface area (Å²) in [6.45, 7) is 3.08. The number of nitrogens with one attached hydrogen (secondary N) is 2. The second kappa shape index (κ2) is 5.33. The van der Waals surface area contributed by atoms with Crippen LogP contribution in [0.1, 0.15) is 47.7 Å². The second-order valence-corrected chi connectivity index (χ2v) is 5.89. The molecular formula is C16H22N2O. The lowest BCUT2D eigenvalue weighted by Gasteiger charge is -2.28. The molecule has 1 aliphatic heterocycles. The number of carbonyl (C=O) groups excluding carboxylic acids is 1. The number of aryl methyl sites for hydroxylation is 2. The summed E-state index contributed by atoms with van der Waals surface area (Å²) in [5, 5.41) is 6.56. The van der Waals surface area contributed by atoms with Crippen LogP contribution in [0.2, 0.25) is 0 Å². The first-order valence-corrected chi connectivity index (χ1v) is 7.38. The summed E-state index contributed by atoms with van der Waals surface area (Å²) in [5.74, 6) is 0.0797. The quantitative estimate of drug-likeness (QED) is 0.852. The van der Waals surface area contributed by atoms with E-state index in [2.05, 4.69) is 29.7 Å². The van der Waals surface area contributed by atoms with Gasteiger partial charge in [0.05, 0.1) is 0 Å². The van der Waals surface area contributed by atoms with Crippen LogP contribution in [0.5, 0.6) is 0 Å². The molecule has 2 atom stereocenters. The van der Waals surface area contributed by atoms with Gasteiger partial charge in [-0.05, 0) is 62.3 Å². The molecule has 2 aliphatic rings. The number of carbonyl (C=O) groups is 1. The van der Waals surface area contributed by atoms with Crippen LogP contribution in [-0.4, -0.2) is 24.5 Å². The van der Waals surface area contributed by atoms with Crippen molar-refractivity contribution in [2.24, 2.45) is 0 Å². The van der Waals surface area contributed by atoms with Crippen LogP contribution in [0.4, 0.5) is 0 Å². The SMILES string of the molecule is CC1CCC(NC(=O)c2ccc3c(c2)CCC3)CN1. The number of benzene rings is 1. The summed E-state index contributed by atoms with van der Waals surface area (Å²) in [7, 11) is 0. The van der Waals surface area contributed by atoms with E-state index in [9.17, 15) is 4.79 Å². The Morgan fingerprint density at radius 2 is 2.11 bits per heavy atom. The van der Waals surface area contributed by atoms with Crippen molar-refractivity contribution in [3.05, 3.63) is 34.9 Å². The van der Waals surface area contributed by atoms with Crippen LogP contribution >= 0.6 is 0 Å². The van der Waals surface area contributed by atoms with Gasteiger partial charge in [-0.15, -0.1) is 0 Å². The van der Waals surface area contributed by atoms with E-state index in [1.165, 1.54) is 24.0 Å². The summed E-state index contributed by atoms with van der Waals surface area (Å²) in [5.41, 5.74) is 3.60. The number of amides is 1. The molecule has 1 aliphatic carbocycles. The predicted molar refractivity (Wildman–Crippen MR) is 76.4 cm³/mol. The zero-order valence-electron chi connectivity index (χ0n) is 11.5. The van der Waals surface area contributed by atoms with Crippen LogP contribution < -0.4 is 10.6 Å². The summed E-state index contributed by atoms with van der Waals surface area (Å²) >= 11 is 0.